The molecule has 0 aromatic carbocycles. The smallest absolute Gasteiger partial charge is 0.139 e. The molecular weight excluding hydrogens is 124 g/mol. The van der Waals surface area contributed by atoms with Crippen molar-refractivity contribution in [2.45, 2.75) is 33.1 Å². The van der Waals surface area contributed by atoms with Gasteiger partial charge in [-0.15, -0.1) is 0 Å². The first-order valence-corrected chi connectivity index (χ1v) is 3.95. The van der Waals surface area contributed by atoms with Crippen molar-refractivity contribution < 1.29 is 4.79 Å². The number of hydrogen-bond donors (Lipinski definition) is 0. The van der Waals surface area contributed by atoms with Gasteiger partial charge in [0, 0.05) is 12.3 Å². The number of carbonyl (C=O) groups excluding carboxylic acids is 1. The predicted octanol–water partition coefficient (Wildman–Crippen LogP) is 2.32. The van der Waals surface area contributed by atoms with Gasteiger partial charge in [0.2, 0.25) is 0 Å². The Morgan fingerprint density at radius 2 is 2.50 bits per heavy atom. The molecule has 1 aliphatic carbocycles. The highest BCUT2D eigenvalue weighted by Crippen LogP contribution is 2.26. The zero-order chi connectivity index (χ0) is 7.56. The van der Waals surface area contributed by atoms with E-state index in [0.29, 0.717) is 12.2 Å². The summed E-state index contributed by atoms with van der Waals surface area (Å²) in [5.41, 5.74) is 1.28. The lowest BCUT2D eigenvalue weighted by Gasteiger charge is -2.07. The molecule has 0 saturated carbocycles. The first-order chi connectivity index (χ1) is 4.75. The molecule has 0 aromatic heterocycles. The molecule has 1 nitrogen and oxygen atoms in total. The van der Waals surface area contributed by atoms with Crippen LogP contribution in [0.4, 0.5) is 0 Å². The van der Waals surface area contributed by atoms with Gasteiger partial charge in [-0.25, -0.2) is 0 Å². The summed E-state index contributed by atoms with van der Waals surface area (Å²) >= 11 is 0. The average Bonchev–Trinajstić information content (AvgIpc) is 2.34. The normalized spacial score (nSPS) is 24.6. The Balaban J connectivity index is 2.57. The minimum atomic E-state index is 0.269. The van der Waals surface area contributed by atoms with Gasteiger partial charge in [0.15, 0.2) is 0 Å². The quantitative estimate of drug-likeness (QED) is 0.535. The summed E-state index contributed by atoms with van der Waals surface area (Å²) in [6.07, 6.45) is 5.02. The molecule has 0 N–H and O–H groups in total. The SMILES string of the molecule is CCC(=O)C1CCC=C1C. The standard InChI is InChI=1S/C9H14O/c1-3-9(10)8-6-4-5-7(8)2/h5,8H,3-4,6H2,1-2H3. The second kappa shape index (κ2) is 3.00. The van der Waals surface area contributed by atoms with Crippen molar-refractivity contribution in [2.75, 3.05) is 0 Å². The van der Waals surface area contributed by atoms with Crippen molar-refractivity contribution in [1.82, 2.24) is 0 Å². The Kier molecular flexibility index (Phi) is 2.25. The Bertz CT molecular complexity index is 168. The van der Waals surface area contributed by atoms with Crippen LogP contribution in [0.5, 0.6) is 0 Å². The van der Waals surface area contributed by atoms with E-state index >= 15 is 0 Å². The molecule has 1 heteroatoms. The maximum Gasteiger partial charge on any atom is 0.139 e. The lowest BCUT2D eigenvalue weighted by atomic mass is 9.96. The summed E-state index contributed by atoms with van der Waals surface area (Å²) in [5.74, 6) is 0.677. The lowest BCUT2D eigenvalue weighted by molar-refractivity contribution is -0.121. The van der Waals surface area contributed by atoms with Crippen LogP contribution in [-0.2, 0) is 4.79 Å². The van der Waals surface area contributed by atoms with Crippen molar-refractivity contribution in [3.05, 3.63) is 11.6 Å². The third kappa shape index (κ3) is 1.28. The zero-order valence-corrected chi connectivity index (χ0v) is 6.68. The molecule has 0 aromatic rings. The Labute approximate surface area is 62.1 Å². The molecule has 0 heterocycles. The van der Waals surface area contributed by atoms with Gasteiger partial charge in [0.05, 0.1) is 0 Å². The lowest BCUT2D eigenvalue weighted by Crippen LogP contribution is -2.10. The number of rotatable bonds is 2. The molecule has 1 rings (SSSR count). The maximum atomic E-state index is 11.2. The van der Waals surface area contributed by atoms with Gasteiger partial charge in [-0.1, -0.05) is 18.6 Å². The van der Waals surface area contributed by atoms with Gasteiger partial charge >= 0.3 is 0 Å². The topological polar surface area (TPSA) is 17.1 Å². The highest BCUT2D eigenvalue weighted by Gasteiger charge is 2.21. The number of allylic oxidation sites excluding steroid dienone is 2. The maximum absolute atomic E-state index is 11.2. The van der Waals surface area contributed by atoms with Crippen LogP contribution in [0.1, 0.15) is 33.1 Å². The van der Waals surface area contributed by atoms with Gasteiger partial charge in [-0.3, -0.25) is 4.79 Å². The summed E-state index contributed by atoms with van der Waals surface area (Å²) in [5, 5.41) is 0. The molecule has 0 radical (unpaired) electrons. The fraction of sp³-hybridized carbons (Fsp3) is 0.667. The second-order valence-corrected chi connectivity index (χ2v) is 2.90. The molecule has 0 amide bonds. The molecule has 1 atom stereocenters. The molecule has 10 heavy (non-hydrogen) atoms. The third-order valence-corrected chi connectivity index (χ3v) is 2.21. The van der Waals surface area contributed by atoms with Crippen molar-refractivity contribution in [1.29, 1.82) is 0 Å². The Hall–Kier alpha value is -0.590. The second-order valence-electron chi connectivity index (χ2n) is 2.90. The van der Waals surface area contributed by atoms with Crippen LogP contribution < -0.4 is 0 Å². The van der Waals surface area contributed by atoms with Crippen LogP contribution in [0, 0.1) is 5.92 Å². The van der Waals surface area contributed by atoms with Gasteiger partial charge < -0.3 is 0 Å². The van der Waals surface area contributed by atoms with Crippen molar-refractivity contribution in [3.63, 3.8) is 0 Å². The number of ketones is 1. The summed E-state index contributed by atoms with van der Waals surface area (Å²) in [7, 11) is 0. The summed E-state index contributed by atoms with van der Waals surface area (Å²) < 4.78 is 0. The van der Waals surface area contributed by atoms with E-state index in [1.807, 2.05) is 6.92 Å². The molecule has 0 spiro atoms. The zero-order valence-electron chi connectivity index (χ0n) is 6.68. The molecule has 56 valence electrons. The first-order valence-electron chi connectivity index (χ1n) is 3.95. The number of hydrogen-bond acceptors (Lipinski definition) is 1. The van der Waals surface area contributed by atoms with Gasteiger partial charge in [0.1, 0.15) is 5.78 Å². The van der Waals surface area contributed by atoms with Crippen molar-refractivity contribution >= 4 is 5.78 Å². The Morgan fingerprint density at radius 1 is 1.80 bits per heavy atom. The van der Waals surface area contributed by atoms with Crippen LogP contribution in [0.2, 0.25) is 0 Å². The highest BCUT2D eigenvalue weighted by molar-refractivity contribution is 5.83. The van der Waals surface area contributed by atoms with Crippen LogP contribution in [-0.4, -0.2) is 5.78 Å². The third-order valence-electron chi connectivity index (χ3n) is 2.21. The summed E-state index contributed by atoms with van der Waals surface area (Å²) in [6.45, 7) is 4.00. The molecular formula is C9H14O. The molecule has 1 unspecified atom stereocenters. The fourth-order valence-corrected chi connectivity index (χ4v) is 1.51. The van der Waals surface area contributed by atoms with Gasteiger partial charge in [0.25, 0.3) is 0 Å². The van der Waals surface area contributed by atoms with Gasteiger partial charge in [-0.2, -0.15) is 0 Å². The molecule has 0 fully saturated rings. The minimum absolute atomic E-state index is 0.269. The molecule has 1 aliphatic rings. The van der Waals surface area contributed by atoms with E-state index in [4.69, 9.17) is 0 Å². The number of carbonyl (C=O) groups is 1. The molecule has 0 bridgehead atoms. The van der Waals surface area contributed by atoms with E-state index in [2.05, 4.69) is 13.0 Å². The fourth-order valence-electron chi connectivity index (χ4n) is 1.51. The van der Waals surface area contributed by atoms with E-state index in [0.717, 1.165) is 12.8 Å². The van der Waals surface area contributed by atoms with Crippen molar-refractivity contribution in [3.8, 4) is 0 Å². The number of Topliss-reactive ketones (excluding diaryl/α,β-unsaturated/α-hetero) is 1. The summed E-state index contributed by atoms with van der Waals surface area (Å²) in [6, 6.07) is 0. The van der Waals surface area contributed by atoms with E-state index in [9.17, 15) is 4.79 Å². The van der Waals surface area contributed by atoms with Crippen LogP contribution in [0.15, 0.2) is 11.6 Å². The van der Waals surface area contributed by atoms with Crippen LogP contribution >= 0.6 is 0 Å². The average molecular weight is 138 g/mol. The first kappa shape index (κ1) is 7.52. The largest absolute Gasteiger partial charge is 0.299 e. The molecule has 0 aliphatic heterocycles. The van der Waals surface area contributed by atoms with E-state index in [1.165, 1.54) is 5.57 Å². The monoisotopic (exact) mass is 138 g/mol. The van der Waals surface area contributed by atoms with Crippen LogP contribution in [0.3, 0.4) is 0 Å². The summed E-state index contributed by atoms with van der Waals surface area (Å²) in [4.78, 5) is 11.2. The predicted molar refractivity (Wildman–Crippen MR) is 41.8 cm³/mol. The van der Waals surface area contributed by atoms with E-state index in [1.54, 1.807) is 0 Å². The minimum Gasteiger partial charge on any atom is -0.299 e. The molecule has 0 saturated heterocycles. The van der Waals surface area contributed by atoms with E-state index < -0.39 is 0 Å². The van der Waals surface area contributed by atoms with Crippen LogP contribution in [0.25, 0.3) is 0 Å². The van der Waals surface area contributed by atoms with Crippen molar-refractivity contribution in [2.24, 2.45) is 5.92 Å². The van der Waals surface area contributed by atoms with Gasteiger partial charge in [-0.05, 0) is 19.8 Å². The highest BCUT2D eigenvalue weighted by atomic mass is 16.1. The van der Waals surface area contributed by atoms with E-state index in [-0.39, 0.29) is 5.92 Å². The Morgan fingerprint density at radius 3 is 2.90 bits per heavy atom.